The molecule has 0 aliphatic heterocycles. The van der Waals surface area contributed by atoms with Gasteiger partial charge in [-0.25, -0.2) is 0 Å². The topological polar surface area (TPSA) is 30.0 Å². The summed E-state index contributed by atoms with van der Waals surface area (Å²) in [6.07, 6.45) is 1.70. The molecule has 0 aliphatic rings. The van der Waals surface area contributed by atoms with E-state index in [-0.39, 0.29) is 5.78 Å². The number of para-hydroxylation sites is 1. The maximum Gasteiger partial charge on any atom is 0.195 e. The smallest absolute Gasteiger partial charge is 0.195 e. The number of hydrogen-bond donors (Lipinski definition) is 0. The van der Waals surface area contributed by atoms with Crippen LogP contribution >= 0.6 is 11.6 Å². The molecule has 2 aromatic carbocycles. The summed E-state index contributed by atoms with van der Waals surface area (Å²) in [5.41, 5.74) is 2.86. The fourth-order valence-corrected chi connectivity index (χ4v) is 2.44. The van der Waals surface area contributed by atoms with Gasteiger partial charge < -0.3 is 0 Å². The van der Waals surface area contributed by atoms with Crippen molar-refractivity contribution < 1.29 is 4.79 Å². The summed E-state index contributed by atoms with van der Waals surface area (Å²) in [6, 6.07) is 14.8. The van der Waals surface area contributed by atoms with Crippen molar-refractivity contribution in [2.75, 3.05) is 0 Å². The third kappa shape index (κ3) is 2.19. The molecule has 98 valence electrons. The van der Waals surface area contributed by atoms with Crippen LogP contribution in [0.3, 0.4) is 0 Å². The summed E-state index contributed by atoms with van der Waals surface area (Å²) in [6.45, 7) is 1.90. The van der Waals surface area contributed by atoms with Crippen LogP contribution < -0.4 is 0 Å². The zero-order chi connectivity index (χ0) is 14.1. The minimum Gasteiger partial charge on any atom is -0.289 e. The Hall–Kier alpha value is -2.19. The van der Waals surface area contributed by atoms with Gasteiger partial charge in [-0.2, -0.15) is 0 Å². The van der Waals surface area contributed by atoms with E-state index in [1.807, 2.05) is 37.3 Å². The van der Waals surface area contributed by atoms with Crippen molar-refractivity contribution in [1.82, 2.24) is 4.98 Å². The molecule has 3 aromatic rings. The van der Waals surface area contributed by atoms with Crippen LogP contribution in [-0.2, 0) is 0 Å². The molecule has 0 unspecified atom stereocenters. The molecule has 0 aliphatic carbocycles. The van der Waals surface area contributed by atoms with E-state index >= 15 is 0 Å². The standard InChI is InChI=1S/C17H12ClNO/c1-11-7-8-13(18)10-15(11)17(20)14-6-2-4-12-5-3-9-19-16(12)14/h2-10H,1H3. The van der Waals surface area contributed by atoms with Crippen LogP contribution in [0.25, 0.3) is 10.9 Å². The molecule has 0 saturated heterocycles. The van der Waals surface area contributed by atoms with E-state index in [0.717, 1.165) is 16.5 Å². The summed E-state index contributed by atoms with van der Waals surface area (Å²) in [4.78, 5) is 17.1. The summed E-state index contributed by atoms with van der Waals surface area (Å²) in [5.74, 6) is -0.0469. The zero-order valence-electron chi connectivity index (χ0n) is 10.9. The second-order valence-corrected chi connectivity index (χ2v) is 5.11. The molecule has 0 spiro atoms. The van der Waals surface area contributed by atoms with Gasteiger partial charge in [0.1, 0.15) is 0 Å². The van der Waals surface area contributed by atoms with Gasteiger partial charge in [0.25, 0.3) is 0 Å². The number of carbonyl (C=O) groups excluding carboxylic acids is 1. The van der Waals surface area contributed by atoms with Crippen LogP contribution in [0.4, 0.5) is 0 Å². The SMILES string of the molecule is Cc1ccc(Cl)cc1C(=O)c1cccc2cccnc12. The molecule has 0 fully saturated rings. The lowest BCUT2D eigenvalue weighted by molar-refractivity contribution is 0.103. The first-order chi connectivity index (χ1) is 9.66. The van der Waals surface area contributed by atoms with Gasteiger partial charge in [0.05, 0.1) is 5.52 Å². The van der Waals surface area contributed by atoms with Gasteiger partial charge in [0.15, 0.2) is 5.78 Å². The third-order valence-electron chi connectivity index (χ3n) is 3.32. The van der Waals surface area contributed by atoms with Crippen molar-refractivity contribution >= 4 is 28.3 Å². The second kappa shape index (κ2) is 5.06. The maximum atomic E-state index is 12.7. The lowest BCUT2D eigenvalue weighted by Gasteiger charge is -2.08. The highest BCUT2D eigenvalue weighted by Gasteiger charge is 2.15. The minimum atomic E-state index is -0.0469. The lowest BCUT2D eigenvalue weighted by atomic mass is 9.97. The van der Waals surface area contributed by atoms with E-state index in [4.69, 9.17) is 11.6 Å². The third-order valence-corrected chi connectivity index (χ3v) is 3.56. The fraction of sp³-hybridized carbons (Fsp3) is 0.0588. The Bertz CT molecular complexity index is 806. The number of pyridine rings is 1. The van der Waals surface area contributed by atoms with E-state index in [1.54, 1.807) is 24.4 Å². The number of rotatable bonds is 2. The lowest BCUT2D eigenvalue weighted by Crippen LogP contribution is -2.05. The van der Waals surface area contributed by atoms with Gasteiger partial charge in [-0.3, -0.25) is 9.78 Å². The Labute approximate surface area is 122 Å². The zero-order valence-corrected chi connectivity index (χ0v) is 11.7. The van der Waals surface area contributed by atoms with Crippen LogP contribution in [0.2, 0.25) is 5.02 Å². The highest BCUT2D eigenvalue weighted by atomic mass is 35.5. The predicted molar refractivity (Wildman–Crippen MR) is 81.4 cm³/mol. The molecule has 3 heteroatoms. The Morgan fingerprint density at radius 2 is 1.85 bits per heavy atom. The highest BCUT2D eigenvalue weighted by molar-refractivity contribution is 6.31. The normalized spacial score (nSPS) is 10.7. The number of aryl methyl sites for hydroxylation is 1. The van der Waals surface area contributed by atoms with Gasteiger partial charge in [0, 0.05) is 27.7 Å². The average Bonchev–Trinajstić information content (AvgIpc) is 2.48. The summed E-state index contributed by atoms with van der Waals surface area (Å²) in [5, 5.41) is 1.52. The molecular weight excluding hydrogens is 270 g/mol. The molecule has 0 saturated carbocycles. The molecule has 1 heterocycles. The van der Waals surface area contributed by atoms with Crippen LogP contribution in [0.1, 0.15) is 21.5 Å². The Kier molecular flexibility index (Phi) is 3.25. The summed E-state index contributed by atoms with van der Waals surface area (Å²) >= 11 is 6.00. The average molecular weight is 282 g/mol. The molecular formula is C17H12ClNO. The molecule has 20 heavy (non-hydrogen) atoms. The molecule has 3 rings (SSSR count). The second-order valence-electron chi connectivity index (χ2n) is 4.67. The Balaban J connectivity index is 2.20. The quantitative estimate of drug-likeness (QED) is 0.651. The van der Waals surface area contributed by atoms with Crippen molar-refractivity contribution in [1.29, 1.82) is 0 Å². The van der Waals surface area contributed by atoms with E-state index < -0.39 is 0 Å². The maximum absolute atomic E-state index is 12.7. The first kappa shape index (κ1) is 12.8. The van der Waals surface area contributed by atoms with Gasteiger partial charge >= 0.3 is 0 Å². The summed E-state index contributed by atoms with van der Waals surface area (Å²) < 4.78 is 0. The number of fused-ring (bicyclic) bond motifs is 1. The number of nitrogens with zero attached hydrogens (tertiary/aromatic N) is 1. The molecule has 0 atom stereocenters. The van der Waals surface area contributed by atoms with Crippen LogP contribution in [0.5, 0.6) is 0 Å². The number of benzene rings is 2. The molecule has 0 N–H and O–H groups in total. The number of ketones is 1. The fourth-order valence-electron chi connectivity index (χ4n) is 2.27. The molecule has 2 nitrogen and oxygen atoms in total. The van der Waals surface area contributed by atoms with Crippen molar-refractivity contribution in [3.8, 4) is 0 Å². The van der Waals surface area contributed by atoms with Crippen molar-refractivity contribution in [2.45, 2.75) is 6.92 Å². The van der Waals surface area contributed by atoms with E-state index in [0.29, 0.717) is 16.1 Å². The highest BCUT2D eigenvalue weighted by Crippen LogP contribution is 2.23. The van der Waals surface area contributed by atoms with Gasteiger partial charge in [0.2, 0.25) is 0 Å². The van der Waals surface area contributed by atoms with E-state index in [2.05, 4.69) is 4.98 Å². The van der Waals surface area contributed by atoms with Crippen molar-refractivity contribution in [2.24, 2.45) is 0 Å². The van der Waals surface area contributed by atoms with Crippen molar-refractivity contribution in [3.63, 3.8) is 0 Å². The van der Waals surface area contributed by atoms with Gasteiger partial charge in [-0.1, -0.05) is 35.9 Å². The van der Waals surface area contributed by atoms with Crippen LogP contribution in [0, 0.1) is 6.92 Å². The van der Waals surface area contributed by atoms with Gasteiger partial charge in [-0.05, 0) is 36.8 Å². The summed E-state index contributed by atoms with van der Waals surface area (Å²) in [7, 11) is 0. The van der Waals surface area contributed by atoms with E-state index in [9.17, 15) is 4.79 Å². The number of carbonyl (C=O) groups is 1. The van der Waals surface area contributed by atoms with Crippen LogP contribution in [-0.4, -0.2) is 10.8 Å². The first-order valence-electron chi connectivity index (χ1n) is 6.31. The minimum absolute atomic E-state index is 0.0469. The predicted octanol–water partition coefficient (Wildman–Crippen LogP) is 4.43. The van der Waals surface area contributed by atoms with Gasteiger partial charge in [-0.15, -0.1) is 0 Å². The molecule has 0 amide bonds. The molecule has 1 aromatic heterocycles. The molecule has 0 bridgehead atoms. The number of halogens is 1. The first-order valence-corrected chi connectivity index (χ1v) is 6.69. The monoisotopic (exact) mass is 281 g/mol. The Morgan fingerprint density at radius 1 is 1.05 bits per heavy atom. The number of hydrogen-bond acceptors (Lipinski definition) is 2. The van der Waals surface area contributed by atoms with Crippen molar-refractivity contribution in [3.05, 3.63) is 76.4 Å². The number of aromatic nitrogens is 1. The van der Waals surface area contributed by atoms with E-state index in [1.165, 1.54) is 0 Å². The van der Waals surface area contributed by atoms with Crippen LogP contribution in [0.15, 0.2) is 54.7 Å². The largest absolute Gasteiger partial charge is 0.289 e. The Morgan fingerprint density at radius 3 is 2.70 bits per heavy atom. The molecule has 0 radical (unpaired) electrons.